The summed E-state index contributed by atoms with van der Waals surface area (Å²) in [5.74, 6) is 3.67. The second-order valence-electron chi connectivity index (χ2n) is 4.84. The molecule has 1 amide bonds. The molecular weight excluding hydrogens is 226 g/mol. The van der Waals surface area contributed by atoms with Gasteiger partial charge in [0, 0.05) is 24.9 Å². The van der Waals surface area contributed by atoms with E-state index < -0.39 is 0 Å². The minimum Gasteiger partial charge on any atom is -0.296 e. The van der Waals surface area contributed by atoms with E-state index in [4.69, 9.17) is 6.42 Å². The fourth-order valence-electron chi connectivity index (χ4n) is 2.44. The smallest absolute Gasteiger partial charge is 0.229 e. The van der Waals surface area contributed by atoms with Crippen LogP contribution in [0.4, 0.5) is 5.82 Å². The Hall–Kier alpha value is -1.76. The molecule has 2 rings (SSSR count). The molecule has 1 aromatic heterocycles. The lowest BCUT2D eigenvalue weighted by atomic mass is 10.1. The lowest BCUT2D eigenvalue weighted by Crippen LogP contribution is -2.28. The maximum absolute atomic E-state index is 12.0. The van der Waals surface area contributed by atoms with E-state index in [1.54, 1.807) is 11.1 Å². The third-order valence-electron chi connectivity index (χ3n) is 3.41. The zero-order valence-electron chi connectivity index (χ0n) is 11.0. The number of terminal acetylenes is 1. The monoisotopic (exact) mass is 245 g/mol. The first kappa shape index (κ1) is 12.7. The van der Waals surface area contributed by atoms with Crippen LogP contribution in [0.15, 0.2) is 12.3 Å². The first-order valence-electron chi connectivity index (χ1n) is 6.47. The van der Waals surface area contributed by atoms with Crippen LogP contribution >= 0.6 is 0 Å². The van der Waals surface area contributed by atoms with Crippen LogP contribution in [0, 0.1) is 18.3 Å². The van der Waals surface area contributed by atoms with Crippen LogP contribution in [0.5, 0.6) is 0 Å². The van der Waals surface area contributed by atoms with Gasteiger partial charge in [-0.15, -0.1) is 12.3 Å². The van der Waals surface area contributed by atoms with E-state index in [0.717, 1.165) is 18.7 Å². The van der Waals surface area contributed by atoms with Crippen LogP contribution in [0.1, 0.15) is 39.2 Å². The van der Waals surface area contributed by atoms with Crippen molar-refractivity contribution in [2.45, 2.75) is 39.2 Å². The van der Waals surface area contributed by atoms with Gasteiger partial charge in [0.05, 0.1) is 12.2 Å². The highest BCUT2D eigenvalue weighted by Gasteiger charge is 2.31. The number of hydrogen-bond acceptors (Lipinski definition) is 2. The fraction of sp³-hybridized carbons (Fsp3) is 0.571. The van der Waals surface area contributed by atoms with Crippen LogP contribution in [0.2, 0.25) is 0 Å². The average molecular weight is 245 g/mol. The van der Waals surface area contributed by atoms with Crippen LogP contribution in [-0.2, 0) is 4.79 Å². The molecule has 2 heterocycles. The summed E-state index contributed by atoms with van der Waals surface area (Å²) in [6, 6.07) is 2.20. The average Bonchev–Trinajstić information content (AvgIpc) is 2.94. The maximum Gasteiger partial charge on any atom is 0.229 e. The molecule has 4 heteroatoms. The first-order valence-corrected chi connectivity index (χ1v) is 6.47. The van der Waals surface area contributed by atoms with E-state index in [1.807, 2.05) is 10.7 Å². The quantitative estimate of drug-likeness (QED) is 0.763. The molecule has 18 heavy (non-hydrogen) atoms. The van der Waals surface area contributed by atoms with Gasteiger partial charge in [-0.25, -0.2) is 4.68 Å². The summed E-state index contributed by atoms with van der Waals surface area (Å²) < 4.78 is 1.93. The third-order valence-corrected chi connectivity index (χ3v) is 3.41. The second-order valence-corrected chi connectivity index (χ2v) is 4.84. The molecule has 1 aliphatic heterocycles. The summed E-state index contributed by atoms with van der Waals surface area (Å²) in [4.78, 5) is 13.7. The highest BCUT2D eigenvalue weighted by Crippen LogP contribution is 2.27. The van der Waals surface area contributed by atoms with E-state index in [0.29, 0.717) is 19.0 Å². The first-order chi connectivity index (χ1) is 8.67. The van der Waals surface area contributed by atoms with Gasteiger partial charge in [-0.3, -0.25) is 9.69 Å². The topological polar surface area (TPSA) is 38.1 Å². The summed E-state index contributed by atoms with van der Waals surface area (Å²) in [5, 5.41) is 4.34. The number of anilines is 1. The molecule has 0 spiro atoms. The summed E-state index contributed by atoms with van der Waals surface area (Å²) in [6.45, 7) is 4.88. The number of carbonyl (C=O) groups excluding carboxylic acids is 1. The Morgan fingerprint density at radius 1 is 1.67 bits per heavy atom. The molecule has 1 fully saturated rings. The Labute approximate surface area is 108 Å². The van der Waals surface area contributed by atoms with Gasteiger partial charge in [0.15, 0.2) is 0 Å². The van der Waals surface area contributed by atoms with E-state index in [1.165, 1.54) is 0 Å². The molecule has 0 aliphatic carbocycles. The van der Waals surface area contributed by atoms with Crippen LogP contribution in [-0.4, -0.2) is 22.2 Å². The van der Waals surface area contributed by atoms with Crippen LogP contribution in [0.3, 0.4) is 0 Å². The molecule has 0 saturated carbocycles. The molecule has 0 N–H and O–H groups in total. The fourth-order valence-corrected chi connectivity index (χ4v) is 2.44. The number of amides is 1. The van der Waals surface area contributed by atoms with Gasteiger partial charge >= 0.3 is 0 Å². The minimum atomic E-state index is 0.0299. The summed E-state index contributed by atoms with van der Waals surface area (Å²) in [6.07, 6.45) is 9.75. The summed E-state index contributed by atoms with van der Waals surface area (Å²) in [7, 11) is 0. The predicted molar refractivity (Wildman–Crippen MR) is 71.1 cm³/mol. The van der Waals surface area contributed by atoms with Crippen molar-refractivity contribution in [1.82, 2.24) is 9.78 Å². The van der Waals surface area contributed by atoms with Crippen molar-refractivity contribution in [3.05, 3.63) is 12.3 Å². The SMILES string of the molecule is C#CC1CC(=O)N(c2ccnn2C(C)CCC)C1. The number of hydrogen-bond donors (Lipinski definition) is 0. The summed E-state index contributed by atoms with van der Waals surface area (Å²) in [5.41, 5.74) is 0. The van der Waals surface area contributed by atoms with Crippen molar-refractivity contribution < 1.29 is 4.79 Å². The minimum absolute atomic E-state index is 0.0299. The van der Waals surface area contributed by atoms with Crippen molar-refractivity contribution >= 4 is 11.7 Å². The Balaban J connectivity index is 2.22. The molecule has 2 unspecified atom stereocenters. The zero-order valence-corrected chi connectivity index (χ0v) is 11.0. The van der Waals surface area contributed by atoms with Gasteiger partial charge in [-0.1, -0.05) is 13.3 Å². The van der Waals surface area contributed by atoms with Crippen molar-refractivity contribution in [3.8, 4) is 12.3 Å². The highest BCUT2D eigenvalue weighted by atomic mass is 16.2. The van der Waals surface area contributed by atoms with Gasteiger partial charge in [0.25, 0.3) is 0 Å². The molecule has 0 aromatic carbocycles. The molecule has 1 aromatic rings. The van der Waals surface area contributed by atoms with Crippen LogP contribution in [0.25, 0.3) is 0 Å². The molecule has 0 radical (unpaired) electrons. The predicted octanol–water partition coefficient (Wildman–Crippen LogP) is 2.23. The van der Waals surface area contributed by atoms with Gasteiger partial charge in [0.2, 0.25) is 5.91 Å². The van der Waals surface area contributed by atoms with E-state index in [2.05, 4.69) is 24.9 Å². The largest absolute Gasteiger partial charge is 0.296 e. The van der Waals surface area contributed by atoms with Gasteiger partial charge in [0.1, 0.15) is 5.82 Å². The molecule has 2 atom stereocenters. The van der Waals surface area contributed by atoms with E-state index in [-0.39, 0.29) is 11.8 Å². The van der Waals surface area contributed by atoms with Crippen molar-refractivity contribution in [2.75, 3.05) is 11.4 Å². The van der Waals surface area contributed by atoms with Crippen molar-refractivity contribution in [2.24, 2.45) is 5.92 Å². The van der Waals surface area contributed by atoms with Gasteiger partial charge in [-0.05, 0) is 13.3 Å². The Kier molecular flexibility index (Phi) is 3.71. The number of aromatic nitrogens is 2. The highest BCUT2D eigenvalue weighted by molar-refractivity contribution is 5.95. The molecule has 4 nitrogen and oxygen atoms in total. The maximum atomic E-state index is 12.0. The molecule has 1 aliphatic rings. The molecule has 1 saturated heterocycles. The Bertz CT molecular complexity index is 472. The van der Waals surface area contributed by atoms with Crippen molar-refractivity contribution in [1.29, 1.82) is 0 Å². The Morgan fingerprint density at radius 2 is 2.44 bits per heavy atom. The lowest BCUT2D eigenvalue weighted by molar-refractivity contribution is -0.117. The Morgan fingerprint density at radius 3 is 3.06 bits per heavy atom. The van der Waals surface area contributed by atoms with Gasteiger partial charge in [-0.2, -0.15) is 5.10 Å². The molecule has 96 valence electrons. The standard InChI is InChI=1S/C14H19N3O/c1-4-6-11(3)17-13(7-8-15-17)16-10-12(5-2)9-14(16)18/h2,7-8,11-12H,4,6,9-10H2,1,3H3. The van der Waals surface area contributed by atoms with Crippen molar-refractivity contribution in [3.63, 3.8) is 0 Å². The van der Waals surface area contributed by atoms with E-state index >= 15 is 0 Å². The molecule has 0 bridgehead atoms. The molecular formula is C14H19N3O. The summed E-state index contributed by atoms with van der Waals surface area (Å²) >= 11 is 0. The third kappa shape index (κ3) is 2.26. The number of nitrogens with zero attached hydrogens (tertiary/aromatic N) is 3. The number of rotatable bonds is 4. The van der Waals surface area contributed by atoms with Crippen LogP contribution < -0.4 is 4.90 Å². The van der Waals surface area contributed by atoms with Gasteiger partial charge < -0.3 is 0 Å². The normalized spacial score (nSPS) is 21.1. The number of carbonyl (C=O) groups is 1. The zero-order chi connectivity index (χ0) is 13.1. The second kappa shape index (κ2) is 5.26. The van der Waals surface area contributed by atoms with E-state index in [9.17, 15) is 4.79 Å². The lowest BCUT2D eigenvalue weighted by Gasteiger charge is -2.21.